The van der Waals surface area contributed by atoms with Gasteiger partial charge in [-0.1, -0.05) is 36.8 Å². The molecule has 0 fully saturated rings. The number of nitrogens with one attached hydrogen (secondary N) is 1. The number of benzene rings is 2. The van der Waals surface area contributed by atoms with Gasteiger partial charge >= 0.3 is 0 Å². The first kappa shape index (κ1) is 28.1. The lowest BCUT2D eigenvalue weighted by molar-refractivity contribution is -0.141. The zero-order chi connectivity index (χ0) is 25.7. The summed E-state index contributed by atoms with van der Waals surface area (Å²) in [6.45, 7) is 9.26. The van der Waals surface area contributed by atoms with Crippen LogP contribution in [0.3, 0.4) is 0 Å². The molecule has 34 heavy (non-hydrogen) atoms. The normalized spacial score (nSPS) is 12.7. The van der Waals surface area contributed by atoms with E-state index in [1.165, 1.54) is 4.90 Å². The average molecular weight is 600 g/mol. The third-order valence-electron chi connectivity index (χ3n) is 5.15. The third-order valence-corrected chi connectivity index (χ3v) is 7.01. The summed E-state index contributed by atoms with van der Waals surface area (Å²) in [5.41, 5.74) is 1.88. The first-order chi connectivity index (χ1) is 15.7. The van der Waals surface area contributed by atoms with Crippen molar-refractivity contribution in [2.75, 3.05) is 17.1 Å². The van der Waals surface area contributed by atoms with Crippen molar-refractivity contribution < 1.29 is 18.0 Å². The number of carbonyl (C=O) groups excluding carboxylic acids is 2. The van der Waals surface area contributed by atoms with Gasteiger partial charge in [-0.25, -0.2) is 8.42 Å². The van der Waals surface area contributed by atoms with Crippen molar-refractivity contribution in [2.24, 2.45) is 0 Å². The minimum atomic E-state index is -3.74. The number of hydrogen-bond acceptors (Lipinski definition) is 4. The lowest BCUT2D eigenvalue weighted by Crippen LogP contribution is -2.55. The molecule has 186 valence electrons. The number of anilines is 1. The predicted molar refractivity (Wildman–Crippen MR) is 145 cm³/mol. The summed E-state index contributed by atoms with van der Waals surface area (Å²) in [6, 6.07) is 13.9. The smallest absolute Gasteiger partial charge is 0.244 e. The van der Waals surface area contributed by atoms with E-state index in [0.717, 1.165) is 25.3 Å². The monoisotopic (exact) mass is 599 g/mol. The van der Waals surface area contributed by atoms with Crippen LogP contribution in [0.2, 0.25) is 0 Å². The Balaban J connectivity index is 2.43. The second-order valence-corrected chi connectivity index (χ2v) is 12.6. The van der Waals surface area contributed by atoms with E-state index in [9.17, 15) is 18.0 Å². The number of carbonyl (C=O) groups is 2. The Morgan fingerprint density at radius 2 is 1.59 bits per heavy atom. The second kappa shape index (κ2) is 11.5. The van der Waals surface area contributed by atoms with Gasteiger partial charge in [0.05, 0.1) is 11.9 Å². The number of halogens is 1. The molecule has 9 heteroatoms. The van der Waals surface area contributed by atoms with Gasteiger partial charge in [0, 0.05) is 15.7 Å². The maximum Gasteiger partial charge on any atom is 0.244 e. The molecule has 0 saturated heterocycles. The molecule has 2 aromatic rings. The summed E-state index contributed by atoms with van der Waals surface area (Å²) in [4.78, 5) is 28.2. The second-order valence-electron chi connectivity index (χ2n) is 9.42. The molecule has 7 nitrogen and oxygen atoms in total. The van der Waals surface area contributed by atoms with Gasteiger partial charge < -0.3 is 10.2 Å². The first-order valence-electron chi connectivity index (χ1n) is 11.1. The summed E-state index contributed by atoms with van der Waals surface area (Å²) in [6.07, 6.45) is 1.47. The Kier molecular flexibility index (Phi) is 9.53. The van der Waals surface area contributed by atoms with Crippen molar-refractivity contribution >= 4 is 50.1 Å². The minimum Gasteiger partial charge on any atom is -0.350 e. The molecule has 0 aliphatic rings. The van der Waals surface area contributed by atoms with Crippen LogP contribution in [-0.4, -0.2) is 49.5 Å². The zero-order valence-corrected chi connectivity index (χ0v) is 23.6. The highest BCUT2D eigenvalue weighted by atomic mass is 127. The number of rotatable bonds is 9. The Morgan fingerprint density at radius 1 is 1.03 bits per heavy atom. The SMILES string of the molecule is CCC(C(=O)NC(C)(C)C)N(Cc1ccc(C)cc1)C(=O)CN(c1ccc(I)cc1)S(C)(=O)=O. The minimum absolute atomic E-state index is 0.194. The maximum atomic E-state index is 13.6. The first-order valence-corrected chi connectivity index (χ1v) is 14.0. The van der Waals surface area contributed by atoms with E-state index < -0.39 is 34.1 Å². The van der Waals surface area contributed by atoms with Crippen LogP contribution in [0.25, 0.3) is 0 Å². The van der Waals surface area contributed by atoms with Crippen molar-refractivity contribution in [3.63, 3.8) is 0 Å². The van der Waals surface area contributed by atoms with Crippen molar-refractivity contribution in [2.45, 2.75) is 59.2 Å². The fraction of sp³-hybridized carbons (Fsp3) is 0.440. The molecule has 0 aliphatic carbocycles. The van der Waals surface area contributed by atoms with E-state index in [4.69, 9.17) is 0 Å². The maximum absolute atomic E-state index is 13.6. The highest BCUT2D eigenvalue weighted by Gasteiger charge is 2.33. The van der Waals surface area contributed by atoms with Gasteiger partial charge in [0.1, 0.15) is 12.6 Å². The molecule has 2 amide bonds. The van der Waals surface area contributed by atoms with Gasteiger partial charge in [-0.3, -0.25) is 13.9 Å². The van der Waals surface area contributed by atoms with Gasteiger partial charge in [0.2, 0.25) is 21.8 Å². The number of sulfonamides is 1. The lowest BCUT2D eigenvalue weighted by atomic mass is 10.1. The summed E-state index contributed by atoms with van der Waals surface area (Å²) < 4.78 is 27.2. The van der Waals surface area contributed by atoms with Crippen LogP contribution in [0, 0.1) is 10.5 Å². The predicted octanol–water partition coefficient (Wildman–Crippen LogP) is 4.09. The molecule has 2 aromatic carbocycles. The molecular weight excluding hydrogens is 565 g/mol. The van der Waals surface area contributed by atoms with Crippen LogP contribution in [0.15, 0.2) is 48.5 Å². The van der Waals surface area contributed by atoms with Crippen molar-refractivity contribution in [1.82, 2.24) is 10.2 Å². The van der Waals surface area contributed by atoms with E-state index >= 15 is 0 Å². The lowest BCUT2D eigenvalue weighted by Gasteiger charge is -2.34. The van der Waals surface area contributed by atoms with Gasteiger partial charge in [0.15, 0.2) is 0 Å². The number of amides is 2. The highest BCUT2D eigenvalue weighted by molar-refractivity contribution is 14.1. The summed E-state index contributed by atoms with van der Waals surface area (Å²) in [5, 5.41) is 2.96. The van der Waals surface area contributed by atoms with Crippen LogP contribution in [0.5, 0.6) is 0 Å². The molecule has 0 saturated carbocycles. The number of aryl methyl sites for hydroxylation is 1. The molecular formula is C25H34IN3O4S. The molecule has 0 aliphatic heterocycles. The average Bonchev–Trinajstić information content (AvgIpc) is 2.72. The summed E-state index contributed by atoms with van der Waals surface area (Å²) in [5.74, 6) is -0.712. The highest BCUT2D eigenvalue weighted by Crippen LogP contribution is 2.21. The van der Waals surface area contributed by atoms with Gasteiger partial charge in [-0.15, -0.1) is 0 Å². The van der Waals surface area contributed by atoms with Crippen LogP contribution in [0.1, 0.15) is 45.2 Å². The molecule has 1 atom stereocenters. The number of nitrogens with zero attached hydrogens (tertiary/aromatic N) is 2. The fourth-order valence-corrected chi connectivity index (χ4v) is 4.69. The van der Waals surface area contributed by atoms with Crippen LogP contribution in [0.4, 0.5) is 5.69 Å². The topological polar surface area (TPSA) is 86.8 Å². The Labute approximate surface area is 217 Å². The summed E-state index contributed by atoms with van der Waals surface area (Å²) >= 11 is 2.14. The standard InChI is InChI=1S/C25H34IN3O4S/c1-7-22(24(31)27-25(3,4)5)28(16-19-10-8-18(2)9-11-19)23(30)17-29(34(6,32)33)21-14-12-20(26)13-15-21/h8-15,22H,7,16-17H2,1-6H3,(H,27,31). The van der Waals surface area contributed by atoms with E-state index in [1.807, 2.05) is 58.9 Å². The molecule has 0 radical (unpaired) electrons. The molecule has 1 N–H and O–H groups in total. The van der Waals surface area contributed by atoms with Gasteiger partial charge in [-0.05, 0) is 86.5 Å². The van der Waals surface area contributed by atoms with Crippen LogP contribution >= 0.6 is 22.6 Å². The van der Waals surface area contributed by atoms with Crippen LogP contribution < -0.4 is 9.62 Å². The van der Waals surface area contributed by atoms with Crippen molar-refractivity contribution in [1.29, 1.82) is 0 Å². The Morgan fingerprint density at radius 3 is 2.06 bits per heavy atom. The van der Waals surface area contributed by atoms with Crippen molar-refractivity contribution in [3.8, 4) is 0 Å². The quantitative estimate of drug-likeness (QED) is 0.441. The summed E-state index contributed by atoms with van der Waals surface area (Å²) in [7, 11) is -3.74. The largest absolute Gasteiger partial charge is 0.350 e. The Hall–Kier alpha value is -2.14. The van der Waals surface area contributed by atoms with Crippen molar-refractivity contribution in [3.05, 3.63) is 63.2 Å². The molecule has 0 bridgehead atoms. The molecule has 1 unspecified atom stereocenters. The van der Waals surface area contributed by atoms with Gasteiger partial charge in [-0.2, -0.15) is 0 Å². The van der Waals surface area contributed by atoms with E-state index in [1.54, 1.807) is 24.3 Å². The van der Waals surface area contributed by atoms with Gasteiger partial charge in [0.25, 0.3) is 0 Å². The number of hydrogen-bond donors (Lipinski definition) is 1. The third kappa shape index (κ3) is 8.26. The molecule has 0 spiro atoms. The molecule has 0 aromatic heterocycles. The molecule has 0 heterocycles. The molecule has 2 rings (SSSR count). The van der Waals surface area contributed by atoms with Crippen LogP contribution in [-0.2, 0) is 26.2 Å². The van der Waals surface area contributed by atoms with E-state index in [2.05, 4.69) is 27.9 Å². The van der Waals surface area contributed by atoms with E-state index in [-0.39, 0.29) is 12.5 Å². The fourth-order valence-electron chi connectivity index (χ4n) is 3.48. The Bertz CT molecular complexity index is 1090. The van der Waals surface area contributed by atoms with E-state index in [0.29, 0.717) is 12.1 Å². The zero-order valence-electron chi connectivity index (χ0n) is 20.6.